The topological polar surface area (TPSA) is 104 Å². The average molecular weight is 446 g/mol. The van der Waals surface area contributed by atoms with Crippen LogP contribution in [0.2, 0.25) is 0 Å². The van der Waals surface area contributed by atoms with E-state index >= 15 is 0 Å². The Bertz CT molecular complexity index is 810. The maximum atomic E-state index is 9.71. The van der Waals surface area contributed by atoms with Crippen molar-refractivity contribution in [3.05, 3.63) is 21.7 Å². The summed E-state index contributed by atoms with van der Waals surface area (Å²) in [6.45, 7) is 5.53. The van der Waals surface area contributed by atoms with Crippen LogP contribution in [-0.4, -0.2) is 49.9 Å². The third-order valence-corrected chi connectivity index (χ3v) is 5.45. The van der Waals surface area contributed by atoms with E-state index in [4.69, 9.17) is 19.9 Å². The summed E-state index contributed by atoms with van der Waals surface area (Å²) in [4.78, 5) is 4.05. The van der Waals surface area contributed by atoms with Crippen molar-refractivity contribution >= 4 is 33.9 Å². The summed E-state index contributed by atoms with van der Waals surface area (Å²) in [6.07, 6.45) is 0.122. The van der Waals surface area contributed by atoms with Crippen molar-refractivity contribution in [2.24, 2.45) is 0 Å². The van der Waals surface area contributed by atoms with Gasteiger partial charge in [-0.25, -0.2) is 9.50 Å². The van der Waals surface area contributed by atoms with E-state index in [1.165, 1.54) is 6.33 Å². The van der Waals surface area contributed by atoms with E-state index in [2.05, 4.69) is 32.7 Å². The van der Waals surface area contributed by atoms with Gasteiger partial charge in [-0.1, -0.05) is 0 Å². The average Bonchev–Trinajstić information content (AvgIpc) is 3.04. The molecule has 2 aromatic heterocycles. The zero-order valence-corrected chi connectivity index (χ0v) is 15.7. The Morgan fingerprint density at radius 3 is 2.88 bits per heavy atom. The Balaban J connectivity index is 1.87. The van der Waals surface area contributed by atoms with Gasteiger partial charge < -0.3 is 25.1 Å². The summed E-state index contributed by atoms with van der Waals surface area (Å²) in [7, 11) is 0. The SMILES string of the molecule is CC1(C)O[C@@H]2C(CO)O[C@@H](c3cc(I)c4c(N)ncnn34)[C@]2(C)O1. The van der Waals surface area contributed by atoms with Gasteiger partial charge >= 0.3 is 0 Å². The number of nitrogens with two attached hydrogens (primary N) is 1. The predicted octanol–water partition coefficient (Wildman–Crippen LogP) is 1.26. The Labute approximate surface area is 152 Å². The first-order valence-corrected chi connectivity index (χ1v) is 8.76. The van der Waals surface area contributed by atoms with Gasteiger partial charge in [-0.2, -0.15) is 5.10 Å². The molecule has 1 unspecified atom stereocenters. The van der Waals surface area contributed by atoms with Crippen LogP contribution < -0.4 is 5.73 Å². The van der Waals surface area contributed by atoms with Crippen LogP contribution in [0.5, 0.6) is 0 Å². The van der Waals surface area contributed by atoms with E-state index in [0.29, 0.717) is 5.82 Å². The lowest BCUT2D eigenvalue weighted by Crippen LogP contribution is -2.40. The third-order valence-electron chi connectivity index (χ3n) is 4.62. The fourth-order valence-corrected chi connectivity index (χ4v) is 4.62. The number of fused-ring (bicyclic) bond motifs is 2. The molecule has 3 N–H and O–H groups in total. The van der Waals surface area contributed by atoms with E-state index in [1.807, 2.05) is 26.8 Å². The number of aliphatic hydroxyl groups excluding tert-OH is 1. The van der Waals surface area contributed by atoms with Crippen LogP contribution in [0.25, 0.3) is 5.52 Å². The molecule has 2 aliphatic rings. The first kappa shape index (κ1) is 16.5. The molecule has 4 heterocycles. The van der Waals surface area contributed by atoms with Crippen LogP contribution in [0, 0.1) is 3.57 Å². The van der Waals surface area contributed by atoms with Crippen molar-refractivity contribution in [2.75, 3.05) is 12.3 Å². The third kappa shape index (κ3) is 2.18. The fourth-order valence-electron chi connectivity index (χ4n) is 3.80. The normalized spacial score (nSPS) is 34.8. The van der Waals surface area contributed by atoms with E-state index in [9.17, 15) is 5.11 Å². The van der Waals surface area contributed by atoms with Crippen molar-refractivity contribution in [1.29, 1.82) is 0 Å². The highest BCUT2D eigenvalue weighted by molar-refractivity contribution is 14.1. The number of hydrogen-bond donors (Lipinski definition) is 2. The predicted molar refractivity (Wildman–Crippen MR) is 93.3 cm³/mol. The molecule has 0 spiro atoms. The number of rotatable bonds is 2. The highest BCUT2D eigenvalue weighted by atomic mass is 127. The fraction of sp³-hybridized carbons (Fsp3) is 0.600. The van der Waals surface area contributed by atoms with Gasteiger partial charge in [-0.15, -0.1) is 0 Å². The number of hydrogen-bond acceptors (Lipinski definition) is 7. The Morgan fingerprint density at radius 1 is 1.42 bits per heavy atom. The van der Waals surface area contributed by atoms with Crippen LogP contribution in [0.4, 0.5) is 5.82 Å². The van der Waals surface area contributed by atoms with Crippen molar-refractivity contribution in [1.82, 2.24) is 14.6 Å². The molecule has 0 bridgehead atoms. The molecule has 9 heteroatoms. The van der Waals surface area contributed by atoms with Crippen LogP contribution >= 0.6 is 22.6 Å². The second-order valence-electron chi connectivity index (χ2n) is 6.78. The molecule has 4 rings (SSSR count). The lowest BCUT2D eigenvalue weighted by Gasteiger charge is -2.29. The maximum absolute atomic E-state index is 9.71. The molecule has 2 aromatic rings. The molecule has 0 amide bonds. The first-order chi connectivity index (χ1) is 11.3. The summed E-state index contributed by atoms with van der Waals surface area (Å²) in [5, 5.41) is 14.0. The molecule has 4 atom stereocenters. The summed E-state index contributed by atoms with van der Waals surface area (Å²) >= 11 is 2.20. The van der Waals surface area contributed by atoms with Gasteiger partial charge in [-0.3, -0.25) is 0 Å². The number of nitrogens with zero attached hydrogens (tertiary/aromatic N) is 3. The first-order valence-electron chi connectivity index (χ1n) is 7.69. The number of ether oxygens (including phenoxy) is 3. The van der Waals surface area contributed by atoms with E-state index in [0.717, 1.165) is 14.8 Å². The minimum Gasteiger partial charge on any atom is -0.394 e. The monoisotopic (exact) mass is 446 g/mol. The van der Waals surface area contributed by atoms with E-state index < -0.39 is 23.6 Å². The molecule has 130 valence electrons. The highest BCUT2D eigenvalue weighted by Crippen LogP contribution is 2.53. The molecule has 0 aliphatic carbocycles. The van der Waals surface area contributed by atoms with Crippen LogP contribution in [0.15, 0.2) is 12.4 Å². The summed E-state index contributed by atoms with van der Waals surface area (Å²) in [5.74, 6) is -0.341. The number of nitrogen functional groups attached to an aromatic ring is 1. The van der Waals surface area contributed by atoms with Crippen LogP contribution in [0.3, 0.4) is 0 Å². The molecular weight excluding hydrogens is 427 g/mol. The van der Waals surface area contributed by atoms with Gasteiger partial charge in [0.2, 0.25) is 0 Å². The second kappa shape index (κ2) is 5.24. The zero-order valence-electron chi connectivity index (χ0n) is 13.6. The van der Waals surface area contributed by atoms with Gasteiger partial charge in [0.25, 0.3) is 0 Å². The Kier molecular flexibility index (Phi) is 3.59. The molecule has 2 saturated heterocycles. The quantitative estimate of drug-likeness (QED) is 0.670. The molecule has 24 heavy (non-hydrogen) atoms. The largest absolute Gasteiger partial charge is 0.394 e. The summed E-state index contributed by atoms with van der Waals surface area (Å²) in [6, 6.07) is 1.96. The lowest BCUT2D eigenvalue weighted by atomic mass is 9.91. The highest BCUT2D eigenvalue weighted by Gasteiger charge is 2.64. The van der Waals surface area contributed by atoms with E-state index in [1.54, 1.807) is 4.52 Å². The standard InChI is InChI=1S/C15H19IN4O4/c1-14(2)23-12-9(5-21)22-11(15(12,3)24-14)8-4-7(16)10-13(17)18-6-19-20(8)10/h4,6,9,11-12,21H,5H2,1-3H3,(H2,17,18,19)/t9?,11-,12+,15-/m0/s1. The van der Waals surface area contributed by atoms with Crippen LogP contribution in [0.1, 0.15) is 32.6 Å². The minimum atomic E-state index is -0.747. The molecule has 8 nitrogen and oxygen atoms in total. The minimum absolute atomic E-state index is 0.145. The summed E-state index contributed by atoms with van der Waals surface area (Å²) in [5.41, 5.74) is 6.79. The molecule has 0 radical (unpaired) electrons. The number of aromatic nitrogens is 3. The zero-order chi connectivity index (χ0) is 17.3. The van der Waals surface area contributed by atoms with Crippen molar-refractivity contribution in [3.63, 3.8) is 0 Å². The molecular formula is C15H19IN4O4. The van der Waals surface area contributed by atoms with Gasteiger partial charge in [0.05, 0.1) is 12.3 Å². The molecule has 2 fully saturated rings. The maximum Gasteiger partial charge on any atom is 0.164 e. The van der Waals surface area contributed by atoms with Gasteiger partial charge in [0.1, 0.15) is 35.8 Å². The van der Waals surface area contributed by atoms with Crippen LogP contribution in [-0.2, 0) is 14.2 Å². The van der Waals surface area contributed by atoms with Gasteiger partial charge in [0.15, 0.2) is 11.6 Å². The van der Waals surface area contributed by atoms with Gasteiger partial charge in [-0.05, 0) is 49.4 Å². The molecule has 0 saturated carbocycles. The van der Waals surface area contributed by atoms with Crippen molar-refractivity contribution < 1.29 is 19.3 Å². The second-order valence-corrected chi connectivity index (χ2v) is 7.95. The Morgan fingerprint density at radius 2 is 2.17 bits per heavy atom. The number of anilines is 1. The summed E-state index contributed by atoms with van der Waals surface area (Å²) < 4.78 is 20.9. The lowest BCUT2D eigenvalue weighted by molar-refractivity contribution is -0.207. The smallest absolute Gasteiger partial charge is 0.164 e. The number of halogens is 1. The molecule has 0 aromatic carbocycles. The van der Waals surface area contributed by atoms with Crippen molar-refractivity contribution in [3.8, 4) is 0 Å². The van der Waals surface area contributed by atoms with Gasteiger partial charge in [0, 0.05) is 3.57 Å². The number of aliphatic hydroxyl groups is 1. The van der Waals surface area contributed by atoms with E-state index in [-0.39, 0.29) is 12.7 Å². The van der Waals surface area contributed by atoms with Crippen molar-refractivity contribution in [2.45, 2.75) is 50.5 Å². The Hall–Kier alpha value is -1.01. The molecule has 2 aliphatic heterocycles.